The minimum Gasteiger partial charge on any atom is -0.380 e. The summed E-state index contributed by atoms with van der Waals surface area (Å²) in [4.78, 5) is 0. The van der Waals surface area contributed by atoms with Crippen LogP contribution in [0.3, 0.4) is 0 Å². The van der Waals surface area contributed by atoms with Crippen LogP contribution in [0.25, 0.3) is 0 Å². The maximum Gasteiger partial charge on any atom is 0.123 e. The van der Waals surface area contributed by atoms with E-state index in [4.69, 9.17) is 4.74 Å². The van der Waals surface area contributed by atoms with Gasteiger partial charge in [-0.25, -0.2) is 4.39 Å². The first-order valence-corrected chi connectivity index (χ1v) is 5.80. The molecule has 0 aliphatic heterocycles. The van der Waals surface area contributed by atoms with Crippen molar-refractivity contribution < 1.29 is 9.13 Å². The van der Waals surface area contributed by atoms with Crippen LogP contribution in [-0.4, -0.2) is 19.8 Å². The van der Waals surface area contributed by atoms with Gasteiger partial charge in [0.1, 0.15) is 5.82 Å². The fourth-order valence-electron chi connectivity index (χ4n) is 1.46. The molecule has 0 saturated carbocycles. The third-order valence-corrected chi connectivity index (χ3v) is 2.42. The van der Waals surface area contributed by atoms with Crippen LogP contribution in [0.5, 0.6) is 0 Å². The molecule has 1 rings (SSSR count). The van der Waals surface area contributed by atoms with Crippen molar-refractivity contribution in [1.29, 1.82) is 0 Å². The molecule has 0 unspecified atom stereocenters. The monoisotopic (exact) mass is 225 g/mol. The van der Waals surface area contributed by atoms with Crippen LogP contribution in [0, 0.1) is 5.82 Å². The highest BCUT2D eigenvalue weighted by molar-refractivity contribution is 5.19. The Bertz CT molecular complexity index is 286. The van der Waals surface area contributed by atoms with Crippen LogP contribution in [-0.2, 0) is 4.74 Å². The Morgan fingerprint density at radius 2 is 1.94 bits per heavy atom. The number of benzene rings is 1. The normalized spacial score (nSPS) is 12.7. The van der Waals surface area contributed by atoms with Gasteiger partial charge in [0.05, 0.1) is 6.61 Å². The van der Waals surface area contributed by atoms with E-state index in [1.807, 2.05) is 0 Å². The Kier molecular flexibility index (Phi) is 6.04. The first kappa shape index (κ1) is 13.1. The second-order valence-corrected chi connectivity index (χ2v) is 3.84. The van der Waals surface area contributed by atoms with Gasteiger partial charge in [0.2, 0.25) is 0 Å². The van der Waals surface area contributed by atoms with Crippen molar-refractivity contribution in [3.05, 3.63) is 35.6 Å². The zero-order chi connectivity index (χ0) is 11.8. The van der Waals surface area contributed by atoms with Crippen LogP contribution < -0.4 is 5.32 Å². The summed E-state index contributed by atoms with van der Waals surface area (Å²) in [6.45, 7) is 6.51. The molecule has 0 fully saturated rings. The van der Waals surface area contributed by atoms with Crippen molar-refractivity contribution in [3.8, 4) is 0 Å². The van der Waals surface area contributed by atoms with Gasteiger partial charge in [0.25, 0.3) is 0 Å². The van der Waals surface area contributed by atoms with Gasteiger partial charge in [0, 0.05) is 19.2 Å². The van der Waals surface area contributed by atoms with Crippen LogP contribution >= 0.6 is 0 Å². The lowest BCUT2D eigenvalue weighted by Crippen LogP contribution is -2.23. The molecule has 0 radical (unpaired) electrons. The molecule has 0 aliphatic rings. The summed E-state index contributed by atoms with van der Waals surface area (Å²) < 4.78 is 18.1. The van der Waals surface area contributed by atoms with Crippen LogP contribution in [0.2, 0.25) is 0 Å². The molecule has 1 aromatic rings. The van der Waals surface area contributed by atoms with E-state index >= 15 is 0 Å². The third kappa shape index (κ3) is 4.73. The van der Waals surface area contributed by atoms with E-state index in [0.717, 1.165) is 31.7 Å². The molecule has 1 N–H and O–H groups in total. The van der Waals surface area contributed by atoms with Gasteiger partial charge in [-0.1, -0.05) is 19.1 Å². The average molecular weight is 225 g/mol. The molecule has 0 saturated heterocycles. The van der Waals surface area contributed by atoms with E-state index in [-0.39, 0.29) is 11.9 Å². The van der Waals surface area contributed by atoms with E-state index < -0.39 is 0 Å². The lowest BCUT2D eigenvalue weighted by atomic mass is 10.1. The minimum atomic E-state index is -0.192. The van der Waals surface area contributed by atoms with Crippen molar-refractivity contribution in [2.75, 3.05) is 19.8 Å². The molecule has 0 bridgehead atoms. The highest BCUT2D eigenvalue weighted by atomic mass is 19.1. The minimum absolute atomic E-state index is 0.192. The quantitative estimate of drug-likeness (QED) is 0.720. The fourth-order valence-corrected chi connectivity index (χ4v) is 1.46. The molecule has 16 heavy (non-hydrogen) atoms. The lowest BCUT2D eigenvalue weighted by molar-refractivity contribution is 0.135. The number of hydrogen-bond donors (Lipinski definition) is 1. The maximum atomic E-state index is 12.7. The van der Waals surface area contributed by atoms with E-state index in [1.54, 1.807) is 12.1 Å². The second kappa shape index (κ2) is 7.36. The van der Waals surface area contributed by atoms with Gasteiger partial charge in [-0.15, -0.1) is 0 Å². The van der Waals surface area contributed by atoms with Gasteiger partial charge in [0.15, 0.2) is 0 Å². The molecule has 2 nitrogen and oxygen atoms in total. The zero-order valence-corrected chi connectivity index (χ0v) is 10.0. The van der Waals surface area contributed by atoms with Crippen molar-refractivity contribution in [3.63, 3.8) is 0 Å². The zero-order valence-electron chi connectivity index (χ0n) is 10.0. The first-order chi connectivity index (χ1) is 7.74. The number of halogens is 1. The smallest absolute Gasteiger partial charge is 0.123 e. The molecule has 3 heteroatoms. The molecule has 0 amide bonds. The Morgan fingerprint density at radius 3 is 2.56 bits per heavy atom. The Morgan fingerprint density at radius 1 is 1.25 bits per heavy atom. The van der Waals surface area contributed by atoms with Gasteiger partial charge in [-0.3, -0.25) is 0 Å². The van der Waals surface area contributed by atoms with Crippen LogP contribution in [0.4, 0.5) is 4.39 Å². The molecule has 0 spiro atoms. The predicted octanol–water partition coefficient (Wildman–Crippen LogP) is 2.90. The summed E-state index contributed by atoms with van der Waals surface area (Å²) in [6.07, 6.45) is 1.05. The number of nitrogens with one attached hydrogen (secondary N) is 1. The van der Waals surface area contributed by atoms with Gasteiger partial charge in [-0.2, -0.15) is 0 Å². The Balaban J connectivity index is 2.24. The molecular formula is C13H20FNO. The largest absolute Gasteiger partial charge is 0.380 e. The highest BCUT2D eigenvalue weighted by Gasteiger charge is 2.03. The van der Waals surface area contributed by atoms with Crippen molar-refractivity contribution >= 4 is 0 Å². The second-order valence-electron chi connectivity index (χ2n) is 3.84. The predicted molar refractivity (Wildman–Crippen MR) is 63.9 cm³/mol. The molecular weight excluding hydrogens is 205 g/mol. The number of ether oxygens (including phenoxy) is 1. The fraction of sp³-hybridized carbons (Fsp3) is 0.538. The van der Waals surface area contributed by atoms with E-state index in [1.165, 1.54) is 12.1 Å². The maximum absolute atomic E-state index is 12.7. The van der Waals surface area contributed by atoms with E-state index in [2.05, 4.69) is 19.2 Å². The Hall–Kier alpha value is -0.930. The third-order valence-electron chi connectivity index (χ3n) is 2.42. The van der Waals surface area contributed by atoms with Crippen molar-refractivity contribution in [2.45, 2.75) is 26.3 Å². The summed E-state index contributed by atoms with van der Waals surface area (Å²) in [5.74, 6) is -0.192. The van der Waals surface area contributed by atoms with E-state index in [9.17, 15) is 4.39 Å². The van der Waals surface area contributed by atoms with Crippen LogP contribution in [0.1, 0.15) is 31.9 Å². The molecule has 90 valence electrons. The number of rotatable bonds is 7. The molecule has 1 aromatic carbocycles. The molecule has 0 aliphatic carbocycles. The SMILES string of the molecule is CCCOCCN[C@H](C)c1ccc(F)cc1. The Labute approximate surface area is 96.8 Å². The summed E-state index contributed by atoms with van der Waals surface area (Å²) in [5, 5.41) is 3.33. The summed E-state index contributed by atoms with van der Waals surface area (Å²) in [6, 6.07) is 6.81. The van der Waals surface area contributed by atoms with E-state index in [0.29, 0.717) is 0 Å². The van der Waals surface area contributed by atoms with Gasteiger partial charge < -0.3 is 10.1 Å². The summed E-state index contributed by atoms with van der Waals surface area (Å²) in [7, 11) is 0. The average Bonchev–Trinajstić information content (AvgIpc) is 2.29. The standard InChI is InChI=1S/C13H20FNO/c1-3-9-16-10-8-15-11(2)12-4-6-13(14)7-5-12/h4-7,11,15H,3,8-10H2,1-2H3/t11-/m1/s1. The van der Waals surface area contributed by atoms with Crippen molar-refractivity contribution in [1.82, 2.24) is 5.32 Å². The first-order valence-electron chi connectivity index (χ1n) is 5.80. The summed E-state index contributed by atoms with van der Waals surface area (Å²) >= 11 is 0. The highest BCUT2D eigenvalue weighted by Crippen LogP contribution is 2.12. The summed E-state index contributed by atoms with van der Waals surface area (Å²) in [5.41, 5.74) is 1.09. The van der Waals surface area contributed by atoms with Gasteiger partial charge >= 0.3 is 0 Å². The molecule has 0 heterocycles. The van der Waals surface area contributed by atoms with Crippen LogP contribution in [0.15, 0.2) is 24.3 Å². The van der Waals surface area contributed by atoms with Gasteiger partial charge in [-0.05, 0) is 31.0 Å². The lowest BCUT2D eigenvalue weighted by Gasteiger charge is -2.14. The topological polar surface area (TPSA) is 21.3 Å². The number of hydrogen-bond acceptors (Lipinski definition) is 2. The molecule has 1 atom stereocenters. The van der Waals surface area contributed by atoms with Crippen molar-refractivity contribution in [2.24, 2.45) is 0 Å². The molecule has 0 aromatic heterocycles.